The van der Waals surface area contributed by atoms with E-state index in [4.69, 9.17) is 0 Å². The van der Waals surface area contributed by atoms with Crippen molar-refractivity contribution in [3.63, 3.8) is 0 Å². The maximum absolute atomic E-state index is 12.7. The highest BCUT2D eigenvalue weighted by Crippen LogP contribution is 2.29. The molecule has 5 nitrogen and oxygen atoms in total. The lowest BCUT2D eigenvalue weighted by atomic mass is 10.1. The molecule has 3 saturated heterocycles. The zero-order valence-electron chi connectivity index (χ0n) is 15.7. The molecule has 1 atom stereocenters. The summed E-state index contributed by atoms with van der Waals surface area (Å²) in [5, 5.41) is 3.41. The first-order chi connectivity index (χ1) is 12.4. The van der Waals surface area contributed by atoms with Gasteiger partial charge in [0.05, 0.1) is 5.56 Å². The van der Waals surface area contributed by atoms with Crippen molar-refractivity contribution in [2.75, 3.05) is 53.4 Å². The lowest BCUT2D eigenvalue weighted by Crippen LogP contribution is -2.63. The quantitative estimate of drug-likeness (QED) is 0.394. The number of rotatable bonds is 4. The number of halogens is 4. The smallest absolute Gasteiger partial charge is 0.355 e. The second-order valence-electron chi connectivity index (χ2n) is 6.97. The van der Waals surface area contributed by atoms with Crippen LogP contribution in [0.25, 0.3) is 0 Å². The van der Waals surface area contributed by atoms with Crippen LogP contribution in [0.3, 0.4) is 0 Å². The molecule has 27 heavy (non-hydrogen) atoms. The Hall–Kier alpha value is -1.07. The Kier molecular flexibility index (Phi) is 7.75. The number of guanidine groups is 1. The molecule has 3 heterocycles. The minimum absolute atomic E-state index is 0. The third-order valence-electron chi connectivity index (χ3n) is 5.16. The maximum Gasteiger partial charge on any atom is 0.416 e. The lowest BCUT2D eigenvalue weighted by molar-refractivity contribution is -0.137. The highest BCUT2D eigenvalue weighted by molar-refractivity contribution is 14.0. The predicted octanol–water partition coefficient (Wildman–Crippen LogP) is 2.33. The first-order valence-corrected chi connectivity index (χ1v) is 8.91. The van der Waals surface area contributed by atoms with Gasteiger partial charge in [-0.05, 0) is 17.7 Å². The molecule has 1 aromatic carbocycles. The number of hydrogen-bond donors (Lipinski definition) is 1. The van der Waals surface area contributed by atoms with E-state index in [1.54, 1.807) is 7.05 Å². The second kappa shape index (κ2) is 9.42. The van der Waals surface area contributed by atoms with Gasteiger partial charge in [-0.25, -0.2) is 0 Å². The van der Waals surface area contributed by atoms with E-state index in [1.165, 1.54) is 12.1 Å². The van der Waals surface area contributed by atoms with Gasteiger partial charge in [-0.2, -0.15) is 13.2 Å². The molecule has 2 bridgehead atoms. The Balaban J connectivity index is 0.00000261. The van der Waals surface area contributed by atoms with Crippen molar-refractivity contribution in [3.8, 4) is 0 Å². The van der Waals surface area contributed by atoms with Crippen LogP contribution < -0.4 is 5.32 Å². The summed E-state index contributed by atoms with van der Waals surface area (Å²) in [6, 6.07) is 5.77. The van der Waals surface area contributed by atoms with Crippen LogP contribution in [0.2, 0.25) is 0 Å². The monoisotopic (exact) mass is 497 g/mol. The molecule has 1 unspecified atom stereocenters. The zero-order chi connectivity index (χ0) is 18.7. The average Bonchev–Trinajstić information content (AvgIpc) is 2.63. The summed E-state index contributed by atoms with van der Waals surface area (Å²) in [6.45, 7) is 6.93. The standard InChI is InChI=1S/C18H26F3N5.HI/c1-22-17(23-11-16-13-25-7-9-26(16)10-8-25)24(2)12-14-3-5-15(6-4-14)18(19,20)21;/h3-6,16H,7-13H2,1-2H3,(H,22,23);1H. The van der Waals surface area contributed by atoms with Crippen molar-refractivity contribution in [2.24, 2.45) is 4.99 Å². The topological polar surface area (TPSA) is 34.1 Å². The fraction of sp³-hybridized carbons (Fsp3) is 0.611. The Morgan fingerprint density at radius 2 is 1.81 bits per heavy atom. The molecule has 4 rings (SSSR count). The number of nitrogens with one attached hydrogen (secondary N) is 1. The first-order valence-electron chi connectivity index (χ1n) is 8.91. The van der Waals surface area contributed by atoms with Gasteiger partial charge in [0.2, 0.25) is 0 Å². The molecule has 0 spiro atoms. The van der Waals surface area contributed by atoms with Crippen LogP contribution in [0.5, 0.6) is 0 Å². The number of alkyl halides is 3. The summed E-state index contributed by atoms with van der Waals surface area (Å²) in [5.74, 6) is 0.752. The first kappa shape index (κ1) is 22.2. The van der Waals surface area contributed by atoms with Crippen LogP contribution >= 0.6 is 24.0 Å². The van der Waals surface area contributed by atoms with Crippen LogP contribution in [0.4, 0.5) is 13.2 Å². The number of fused-ring (bicyclic) bond motifs is 3. The largest absolute Gasteiger partial charge is 0.416 e. The van der Waals surface area contributed by atoms with Gasteiger partial charge in [-0.3, -0.25) is 14.8 Å². The average molecular weight is 497 g/mol. The van der Waals surface area contributed by atoms with Crippen molar-refractivity contribution in [1.29, 1.82) is 0 Å². The summed E-state index contributed by atoms with van der Waals surface area (Å²) < 4.78 is 38.0. The molecular formula is C18H27F3IN5. The molecule has 0 aliphatic carbocycles. The van der Waals surface area contributed by atoms with Crippen LogP contribution in [-0.4, -0.2) is 80.1 Å². The molecule has 9 heteroatoms. The van der Waals surface area contributed by atoms with Gasteiger partial charge >= 0.3 is 6.18 Å². The van der Waals surface area contributed by atoms with Crippen molar-refractivity contribution < 1.29 is 13.2 Å². The van der Waals surface area contributed by atoms with E-state index in [1.807, 2.05) is 11.9 Å². The van der Waals surface area contributed by atoms with Gasteiger partial charge in [0.25, 0.3) is 0 Å². The Morgan fingerprint density at radius 3 is 2.30 bits per heavy atom. The van der Waals surface area contributed by atoms with Crippen molar-refractivity contribution in [1.82, 2.24) is 20.0 Å². The van der Waals surface area contributed by atoms with E-state index in [0.29, 0.717) is 12.6 Å². The zero-order valence-corrected chi connectivity index (χ0v) is 18.0. The third kappa shape index (κ3) is 5.71. The molecule has 0 saturated carbocycles. The molecular weight excluding hydrogens is 470 g/mol. The number of nitrogens with zero attached hydrogens (tertiary/aromatic N) is 4. The molecule has 0 amide bonds. The number of piperazine rings is 3. The van der Waals surface area contributed by atoms with Gasteiger partial charge in [0, 0.05) is 66.0 Å². The van der Waals surface area contributed by atoms with E-state index in [0.717, 1.165) is 62.9 Å². The predicted molar refractivity (Wildman–Crippen MR) is 111 cm³/mol. The molecule has 3 aliphatic rings. The van der Waals surface area contributed by atoms with Crippen LogP contribution in [0.1, 0.15) is 11.1 Å². The van der Waals surface area contributed by atoms with E-state index >= 15 is 0 Å². The fourth-order valence-corrected chi connectivity index (χ4v) is 3.66. The van der Waals surface area contributed by atoms with Crippen LogP contribution in [0, 0.1) is 0 Å². The van der Waals surface area contributed by atoms with E-state index in [-0.39, 0.29) is 24.0 Å². The lowest BCUT2D eigenvalue weighted by Gasteiger charge is -2.47. The molecule has 152 valence electrons. The van der Waals surface area contributed by atoms with Gasteiger partial charge < -0.3 is 10.2 Å². The van der Waals surface area contributed by atoms with Gasteiger partial charge in [-0.1, -0.05) is 12.1 Å². The highest BCUT2D eigenvalue weighted by atomic mass is 127. The summed E-state index contributed by atoms with van der Waals surface area (Å²) in [7, 11) is 3.62. The summed E-state index contributed by atoms with van der Waals surface area (Å²) in [6.07, 6.45) is -4.30. The molecule has 1 N–H and O–H groups in total. The van der Waals surface area contributed by atoms with E-state index in [2.05, 4.69) is 20.1 Å². The summed E-state index contributed by atoms with van der Waals surface area (Å²) in [4.78, 5) is 11.2. The van der Waals surface area contributed by atoms with Crippen molar-refractivity contribution in [3.05, 3.63) is 35.4 Å². The molecule has 3 fully saturated rings. The second-order valence-corrected chi connectivity index (χ2v) is 6.97. The van der Waals surface area contributed by atoms with Crippen LogP contribution in [0.15, 0.2) is 29.3 Å². The summed E-state index contributed by atoms with van der Waals surface area (Å²) >= 11 is 0. The maximum atomic E-state index is 12.7. The number of aliphatic imine (C=N–C) groups is 1. The van der Waals surface area contributed by atoms with Gasteiger partial charge in [0.15, 0.2) is 5.96 Å². The molecule has 1 aromatic rings. The van der Waals surface area contributed by atoms with Crippen LogP contribution in [-0.2, 0) is 12.7 Å². The van der Waals surface area contributed by atoms with Gasteiger partial charge in [0.1, 0.15) is 0 Å². The van der Waals surface area contributed by atoms with Crippen molar-refractivity contribution in [2.45, 2.75) is 18.8 Å². The van der Waals surface area contributed by atoms with E-state index in [9.17, 15) is 13.2 Å². The molecule has 0 aromatic heterocycles. The summed E-state index contributed by atoms with van der Waals surface area (Å²) in [5.41, 5.74) is 0.192. The minimum atomic E-state index is -4.30. The Morgan fingerprint density at radius 1 is 1.19 bits per heavy atom. The fourth-order valence-electron chi connectivity index (χ4n) is 3.66. The van der Waals surface area contributed by atoms with E-state index < -0.39 is 11.7 Å². The SMILES string of the molecule is CN=C(NCC1CN2CCN1CC2)N(C)Cc1ccc(C(F)(F)F)cc1.I. The Labute approximate surface area is 175 Å². The normalized spacial score (nSPS) is 25.1. The number of benzene rings is 1. The molecule has 0 radical (unpaired) electrons. The minimum Gasteiger partial charge on any atom is -0.355 e. The molecule has 3 aliphatic heterocycles. The van der Waals surface area contributed by atoms with Gasteiger partial charge in [-0.15, -0.1) is 24.0 Å². The van der Waals surface area contributed by atoms with Crippen molar-refractivity contribution >= 4 is 29.9 Å². The number of hydrogen-bond acceptors (Lipinski definition) is 3. The third-order valence-corrected chi connectivity index (χ3v) is 5.16. The Bertz CT molecular complexity index is 627. The highest BCUT2D eigenvalue weighted by Gasteiger charge is 2.32.